The summed E-state index contributed by atoms with van der Waals surface area (Å²) in [6.07, 6.45) is 0.0781. The summed E-state index contributed by atoms with van der Waals surface area (Å²) in [4.78, 5) is 9.02. The SMILES string of the molecule is [B][C@H]1C[C@@H](OC(C)C)[C@@H](COP(C)(=O)O)O1. The third-order valence-electron chi connectivity index (χ3n) is 2.15. The second-order valence-electron chi connectivity index (χ2n) is 4.27. The molecule has 1 saturated heterocycles. The van der Waals surface area contributed by atoms with E-state index in [1.165, 1.54) is 0 Å². The van der Waals surface area contributed by atoms with E-state index >= 15 is 0 Å². The Bertz CT molecular complexity index is 267. The van der Waals surface area contributed by atoms with Crippen molar-refractivity contribution in [1.29, 1.82) is 0 Å². The second kappa shape index (κ2) is 5.65. The fourth-order valence-corrected chi connectivity index (χ4v) is 2.02. The summed E-state index contributed by atoms with van der Waals surface area (Å²) in [6, 6.07) is -0.396. The maximum atomic E-state index is 11.0. The van der Waals surface area contributed by atoms with Crippen LogP contribution in [0.5, 0.6) is 0 Å². The van der Waals surface area contributed by atoms with Crippen LogP contribution >= 0.6 is 7.60 Å². The Labute approximate surface area is 97.4 Å². The lowest BCUT2D eigenvalue weighted by atomic mass is 9.96. The Hall–Kier alpha value is 0.135. The topological polar surface area (TPSA) is 65.0 Å². The highest BCUT2D eigenvalue weighted by Crippen LogP contribution is 2.37. The molecule has 7 heteroatoms. The van der Waals surface area contributed by atoms with Crippen LogP contribution < -0.4 is 0 Å². The predicted molar refractivity (Wildman–Crippen MR) is 60.7 cm³/mol. The Morgan fingerprint density at radius 1 is 1.62 bits per heavy atom. The van der Waals surface area contributed by atoms with Crippen molar-refractivity contribution in [3.63, 3.8) is 0 Å². The molecule has 0 aromatic carbocycles. The van der Waals surface area contributed by atoms with E-state index in [2.05, 4.69) is 0 Å². The van der Waals surface area contributed by atoms with Gasteiger partial charge in [-0.15, -0.1) is 0 Å². The zero-order valence-corrected chi connectivity index (χ0v) is 10.7. The van der Waals surface area contributed by atoms with E-state index in [4.69, 9.17) is 26.7 Å². The molecule has 0 saturated carbocycles. The van der Waals surface area contributed by atoms with Crippen LogP contribution in [0, 0.1) is 0 Å². The standard InChI is InChI=1S/C9H18BO5P/c1-6(2)14-7-4-9(10)15-8(7)5-13-16(3,11)12/h6-9H,4-5H2,1-3H3,(H,11,12)/t7-,8-,9-/m1/s1. The molecular weight excluding hydrogens is 230 g/mol. The van der Waals surface area contributed by atoms with Crippen LogP contribution in [0.4, 0.5) is 0 Å². The molecule has 2 radical (unpaired) electrons. The molecule has 1 heterocycles. The quantitative estimate of drug-likeness (QED) is 0.578. The zero-order chi connectivity index (χ0) is 12.3. The zero-order valence-electron chi connectivity index (χ0n) is 9.83. The minimum absolute atomic E-state index is 0.0232. The van der Waals surface area contributed by atoms with Crippen molar-refractivity contribution in [2.45, 2.75) is 44.6 Å². The Balaban J connectivity index is 2.46. The minimum Gasteiger partial charge on any atom is -0.380 e. The fraction of sp³-hybridized carbons (Fsp3) is 1.00. The number of hydrogen-bond acceptors (Lipinski definition) is 4. The lowest BCUT2D eigenvalue weighted by Gasteiger charge is -2.21. The molecule has 5 nitrogen and oxygen atoms in total. The average molecular weight is 248 g/mol. The first-order valence-corrected chi connectivity index (χ1v) is 7.31. The van der Waals surface area contributed by atoms with Crippen molar-refractivity contribution in [3.05, 3.63) is 0 Å². The number of rotatable bonds is 5. The largest absolute Gasteiger partial charge is 0.380 e. The maximum absolute atomic E-state index is 11.0. The smallest absolute Gasteiger partial charge is 0.325 e. The third kappa shape index (κ3) is 4.98. The van der Waals surface area contributed by atoms with Crippen LogP contribution in [0.3, 0.4) is 0 Å². The van der Waals surface area contributed by atoms with Gasteiger partial charge in [-0.2, -0.15) is 0 Å². The highest BCUT2D eigenvalue weighted by molar-refractivity contribution is 7.51. The van der Waals surface area contributed by atoms with E-state index < -0.39 is 13.6 Å². The van der Waals surface area contributed by atoms with E-state index in [0.717, 1.165) is 6.66 Å². The first-order valence-electron chi connectivity index (χ1n) is 5.29. The fourth-order valence-electron chi connectivity index (χ4n) is 1.60. The highest BCUT2D eigenvalue weighted by Gasteiger charge is 2.35. The van der Waals surface area contributed by atoms with E-state index in [1.807, 2.05) is 13.8 Å². The maximum Gasteiger partial charge on any atom is 0.325 e. The summed E-state index contributed by atoms with van der Waals surface area (Å²) < 4.78 is 26.8. The normalized spacial score (nSPS) is 34.2. The molecular formula is C9H18BO5P. The van der Waals surface area contributed by atoms with Crippen molar-refractivity contribution in [2.75, 3.05) is 13.3 Å². The van der Waals surface area contributed by atoms with Gasteiger partial charge in [-0.05, 0) is 20.3 Å². The molecule has 92 valence electrons. The highest BCUT2D eigenvalue weighted by atomic mass is 31.2. The monoisotopic (exact) mass is 248 g/mol. The summed E-state index contributed by atoms with van der Waals surface area (Å²) in [5.41, 5.74) is 0. The van der Waals surface area contributed by atoms with Gasteiger partial charge in [-0.25, -0.2) is 0 Å². The first kappa shape index (κ1) is 14.2. The second-order valence-corrected chi connectivity index (χ2v) is 6.13. The van der Waals surface area contributed by atoms with Gasteiger partial charge in [0.2, 0.25) is 0 Å². The van der Waals surface area contributed by atoms with Crippen LogP contribution in [-0.2, 0) is 18.6 Å². The summed E-state index contributed by atoms with van der Waals surface area (Å²) in [5, 5.41) is 0. The van der Waals surface area contributed by atoms with Crippen molar-refractivity contribution in [2.24, 2.45) is 0 Å². The summed E-state index contributed by atoms with van der Waals surface area (Å²) in [5.74, 6) is 0. The van der Waals surface area contributed by atoms with Crippen molar-refractivity contribution in [3.8, 4) is 0 Å². The van der Waals surface area contributed by atoms with Gasteiger partial charge in [0.15, 0.2) is 0 Å². The van der Waals surface area contributed by atoms with E-state index in [-0.39, 0.29) is 24.9 Å². The predicted octanol–water partition coefficient (Wildman–Crippen LogP) is 0.895. The van der Waals surface area contributed by atoms with Crippen LogP contribution in [0.2, 0.25) is 0 Å². The van der Waals surface area contributed by atoms with Crippen LogP contribution in [0.15, 0.2) is 0 Å². The summed E-state index contributed by atoms with van der Waals surface area (Å²) in [7, 11) is 2.17. The lowest BCUT2D eigenvalue weighted by molar-refractivity contribution is -0.0551. The van der Waals surface area contributed by atoms with E-state index in [9.17, 15) is 4.57 Å². The van der Waals surface area contributed by atoms with Gasteiger partial charge in [0, 0.05) is 12.7 Å². The van der Waals surface area contributed by atoms with Gasteiger partial charge < -0.3 is 18.9 Å². The molecule has 1 aliphatic rings. The summed E-state index contributed by atoms with van der Waals surface area (Å²) >= 11 is 0. The van der Waals surface area contributed by atoms with Crippen molar-refractivity contribution >= 4 is 15.4 Å². The molecule has 1 unspecified atom stereocenters. The minimum atomic E-state index is -3.48. The third-order valence-corrected chi connectivity index (χ3v) is 2.78. The van der Waals surface area contributed by atoms with Crippen LogP contribution in [-0.4, -0.2) is 50.3 Å². The molecule has 1 aliphatic heterocycles. The molecule has 0 aliphatic carbocycles. The van der Waals surface area contributed by atoms with Crippen molar-refractivity contribution in [1.82, 2.24) is 0 Å². The number of hydrogen-bond donors (Lipinski definition) is 1. The van der Waals surface area contributed by atoms with Gasteiger partial charge in [-0.1, -0.05) is 0 Å². The van der Waals surface area contributed by atoms with Crippen LogP contribution in [0.1, 0.15) is 20.3 Å². The Morgan fingerprint density at radius 3 is 2.75 bits per heavy atom. The van der Waals surface area contributed by atoms with Crippen LogP contribution in [0.25, 0.3) is 0 Å². The van der Waals surface area contributed by atoms with E-state index in [0.29, 0.717) is 6.42 Å². The average Bonchev–Trinajstić information content (AvgIpc) is 2.40. The molecule has 0 spiro atoms. The van der Waals surface area contributed by atoms with Gasteiger partial charge in [0.1, 0.15) is 14.0 Å². The molecule has 1 fully saturated rings. The molecule has 0 aromatic rings. The van der Waals surface area contributed by atoms with Crippen molar-refractivity contribution < 1.29 is 23.5 Å². The van der Waals surface area contributed by atoms with Gasteiger partial charge >= 0.3 is 7.60 Å². The Kier molecular flexibility index (Phi) is 5.01. The molecule has 0 aromatic heterocycles. The lowest BCUT2D eigenvalue weighted by Crippen LogP contribution is -2.30. The first-order chi connectivity index (χ1) is 7.28. The molecule has 4 atom stereocenters. The number of ether oxygens (including phenoxy) is 2. The van der Waals surface area contributed by atoms with Gasteiger partial charge in [0.25, 0.3) is 0 Å². The molecule has 1 N–H and O–H groups in total. The molecule has 0 amide bonds. The summed E-state index contributed by atoms with van der Waals surface area (Å²) in [6.45, 7) is 4.99. The Morgan fingerprint density at radius 2 is 2.25 bits per heavy atom. The molecule has 0 bridgehead atoms. The van der Waals surface area contributed by atoms with Gasteiger partial charge in [-0.3, -0.25) is 4.57 Å². The molecule has 1 rings (SSSR count). The molecule has 16 heavy (non-hydrogen) atoms. The van der Waals surface area contributed by atoms with Gasteiger partial charge in [0.05, 0.1) is 18.8 Å². The van der Waals surface area contributed by atoms with E-state index in [1.54, 1.807) is 0 Å².